The molecule has 1 aromatic rings. The van der Waals surface area contributed by atoms with Gasteiger partial charge in [0.1, 0.15) is 5.92 Å². The smallest absolute Gasteiger partial charge is 0.315 e. The summed E-state index contributed by atoms with van der Waals surface area (Å²) in [5, 5.41) is 12.5. The van der Waals surface area contributed by atoms with Crippen molar-refractivity contribution in [3.8, 4) is 0 Å². The Morgan fingerprint density at radius 3 is 2.38 bits per heavy atom. The fourth-order valence-electron chi connectivity index (χ4n) is 1.25. The molecule has 0 saturated carbocycles. The first-order chi connectivity index (χ1) is 9.73. The zero-order valence-electron chi connectivity index (χ0n) is 10.7. The molecule has 0 aliphatic heterocycles. The van der Waals surface area contributed by atoms with E-state index in [1.165, 1.54) is 0 Å². The number of aliphatic carboxylic acids is 1. The molecular weight excluding hydrogens is 293 g/mol. The quantitative estimate of drug-likeness (QED) is 0.556. The molecule has 114 valence electrons. The molecule has 6 nitrogen and oxygen atoms in total. The molecule has 1 rings (SSSR count). The van der Waals surface area contributed by atoms with Crippen molar-refractivity contribution in [3.63, 3.8) is 0 Å². The number of rotatable bonds is 5. The van der Waals surface area contributed by atoms with Crippen LogP contribution in [0.15, 0.2) is 12.1 Å². The normalized spacial score (nSPS) is 11.6. The number of amides is 2. The maximum absolute atomic E-state index is 13.3. The average Bonchev–Trinajstić information content (AvgIpc) is 2.44. The Bertz CT molecular complexity index is 592. The van der Waals surface area contributed by atoms with Crippen LogP contribution in [0.25, 0.3) is 0 Å². The Balaban J connectivity index is 2.61. The summed E-state index contributed by atoms with van der Waals surface area (Å²) in [4.78, 5) is 33.2. The molecule has 0 spiro atoms. The zero-order chi connectivity index (χ0) is 16.2. The van der Waals surface area contributed by atoms with Gasteiger partial charge in [-0.15, -0.1) is 0 Å². The van der Waals surface area contributed by atoms with Crippen molar-refractivity contribution >= 4 is 23.5 Å². The molecule has 1 unspecified atom stereocenters. The third-order valence-corrected chi connectivity index (χ3v) is 2.50. The molecule has 2 amide bonds. The van der Waals surface area contributed by atoms with Gasteiger partial charge in [0.2, 0.25) is 11.8 Å². The van der Waals surface area contributed by atoms with Crippen LogP contribution in [0.4, 0.5) is 18.9 Å². The number of benzene rings is 1. The number of anilines is 1. The molecule has 0 radical (unpaired) electrons. The largest absolute Gasteiger partial charge is 0.481 e. The first-order valence-electron chi connectivity index (χ1n) is 5.68. The average molecular weight is 304 g/mol. The van der Waals surface area contributed by atoms with E-state index in [4.69, 9.17) is 5.11 Å². The van der Waals surface area contributed by atoms with Gasteiger partial charge in [-0.25, -0.2) is 13.2 Å². The SMILES string of the molecule is CC(C(=O)O)C(=O)NCC(=O)Nc1ccc(F)c(F)c1F. The van der Waals surface area contributed by atoms with Crippen molar-refractivity contribution < 1.29 is 32.7 Å². The van der Waals surface area contributed by atoms with Crippen LogP contribution < -0.4 is 10.6 Å². The second kappa shape index (κ2) is 6.73. The lowest BCUT2D eigenvalue weighted by Crippen LogP contribution is -2.38. The third-order valence-electron chi connectivity index (χ3n) is 2.50. The van der Waals surface area contributed by atoms with Crippen LogP contribution in [0.5, 0.6) is 0 Å². The van der Waals surface area contributed by atoms with Gasteiger partial charge < -0.3 is 15.7 Å². The van der Waals surface area contributed by atoms with Gasteiger partial charge in [-0.1, -0.05) is 0 Å². The maximum Gasteiger partial charge on any atom is 0.315 e. The molecule has 0 fully saturated rings. The van der Waals surface area contributed by atoms with Crippen LogP contribution in [0.1, 0.15) is 6.92 Å². The summed E-state index contributed by atoms with van der Waals surface area (Å²) in [6.07, 6.45) is 0. The van der Waals surface area contributed by atoms with E-state index in [-0.39, 0.29) is 0 Å². The number of hydrogen-bond acceptors (Lipinski definition) is 3. The minimum atomic E-state index is -1.74. The van der Waals surface area contributed by atoms with Gasteiger partial charge in [-0.2, -0.15) is 0 Å². The predicted molar refractivity (Wildman–Crippen MR) is 64.8 cm³/mol. The van der Waals surface area contributed by atoms with Crippen molar-refractivity contribution in [1.29, 1.82) is 0 Å². The fourth-order valence-corrected chi connectivity index (χ4v) is 1.25. The van der Waals surface area contributed by atoms with Crippen molar-refractivity contribution in [1.82, 2.24) is 5.32 Å². The van der Waals surface area contributed by atoms with Gasteiger partial charge in [-0.3, -0.25) is 14.4 Å². The third kappa shape index (κ3) is 4.20. The molecule has 0 aliphatic carbocycles. The molecule has 3 N–H and O–H groups in total. The summed E-state index contributed by atoms with van der Waals surface area (Å²) in [7, 11) is 0. The minimum Gasteiger partial charge on any atom is -0.481 e. The van der Waals surface area contributed by atoms with E-state index in [1.807, 2.05) is 10.6 Å². The topological polar surface area (TPSA) is 95.5 Å². The van der Waals surface area contributed by atoms with E-state index in [2.05, 4.69) is 0 Å². The van der Waals surface area contributed by atoms with E-state index in [1.54, 1.807) is 0 Å². The Labute approximate surface area is 116 Å². The minimum absolute atomic E-state index is 0.598. The molecular formula is C12H11F3N2O4. The van der Waals surface area contributed by atoms with Crippen LogP contribution in [0, 0.1) is 23.4 Å². The van der Waals surface area contributed by atoms with E-state index in [0.717, 1.165) is 13.0 Å². The standard InChI is InChI=1S/C12H11F3N2O4/c1-5(12(20)21)11(19)16-4-8(18)17-7-3-2-6(13)9(14)10(7)15/h2-3,5H,4H2,1H3,(H,16,19)(H,17,18)(H,20,21). The molecule has 9 heteroatoms. The van der Waals surface area contributed by atoms with Crippen LogP contribution in [-0.4, -0.2) is 29.4 Å². The number of carbonyl (C=O) groups is 3. The van der Waals surface area contributed by atoms with Crippen molar-refractivity contribution in [2.75, 3.05) is 11.9 Å². The number of halogens is 3. The molecule has 21 heavy (non-hydrogen) atoms. The summed E-state index contributed by atoms with van der Waals surface area (Å²) in [6.45, 7) is 0.472. The highest BCUT2D eigenvalue weighted by Crippen LogP contribution is 2.19. The molecule has 0 aliphatic rings. The molecule has 0 heterocycles. The Morgan fingerprint density at radius 1 is 1.19 bits per heavy atom. The van der Waals surface area contributed by atoms with Crippen molar-refractivity contribution in [3.05, 3.63) is 29.6 Å². The van der Waals surface area contributed by atoms with E-state index in [9.17, 15) is 27.6 Å². The lowest BCUT2D eigenvalue weighted by molar-refractivity contribution is -0.146. The summed E-state index contributed by atoms with van der Waals surface area (Å²) in [5.74, 6) is -9.30. The Morgan fingerprint density at radius 2 is 1.81 bits per heavy atom. The number of carboxylic acid groups (broad SMARTS) is 1. The molecule has 1 atom stereocenters. The number of carbonyl (C=O) groups excluding carboxylic acids is 2. The van der Waals surface area contributed by atoms with Crippen LogP contribution >= 0.6 is 0 Å². The number of carboxylic acids is 1. The summed E-state index contributed by atoms with van der Waals surface area (Å²) in [6, 6.07) is 1.44. The monoisotopic (exact) mass is 304 g/mol. The number of nitrogens with one attached hydrogen (secondary N) is 2. The molecule has 1 aromatic carbocycles. The first-order valence-corrected chi connectivity index (χ1v) is 5.68. The van der Waals surface area contributed by atoms with E-state index >= 15 is 0 Å². The van der Waals surface area contributed by atoms with Gasteiger partial charge in [-0.05, 0) is 19.1 Å². The van der Waals surface area contributed by atoms with Crippen LogP contribution in [0.2, 0.25) is 0 Å². The highest BCUT2D eigenvalue weighted by atomic mass is 19.2. The summed E-state index contributed by atoms with van der Waals surface area (Å²) >= 11 is 0. The molecule has 0 bridgehead atoms. The fraction of sp³-hybridized carbons (Fsp3) is 0.250. The van der Waals surface area contributed by atoms with Crippen LogP contribution in [0.3, 0.4) is 0 Å². The van der Waals surface area contributed by atoms with Crippen molar-refractivity contribution in [2.24, 2.45) is 5.92 Å². The van der Waals surface area contributed by atoms with Gasteiger partial charge in [0.25, 0.3) is 0 Å². The zero-order valence-corrected chi connectivity index (χ0v) is 10.7. The Kier molecular flexibility index (Phi) is 5.28. The second-order valence-corrected chi connectivity index (χ2v) is 4.05. The highest BCUT2D eigenvalue weighted by molar-refractivity contribution is 5.99. The van der Waals surface area contributed by atoms with Gasteiger partial charge in [0.15, 0.2) is 17.5 Å². The van der Waals surface area contributed by atoms with Gasteiger partial charge in [0.05, 0.1) is 12.2 Å². The highest BCUT2D eigenvalue weighted by Gasteiger charge is 2.21. The summed E-state index contributed by atoms with van der Waals surface area (Å²) < 4.78 is 38.9. The molecule has 0 aromatic heterocycles. The lowest BCUT2D eigenvalue weighted by Gasteiger charge is -2.10. The van der Waals surface area contributed by atoms with E-state index in [0.29, 0.717) is 6.07 Å². The van der Waals surface area contributed by atoms with Gasteiger partial charge >= 0.3 is 5.97 Å². The predicted octanol–water partition coefficient (Wildman–Crippen LogP) is 0.879. The van der Waals surface area contributed by atoms with Crippen LogP contribution in [-0.2, 0) is 14.4 Å². The Hall–Kier alpha value is -2.58. The lowest BCUT2D eigenvalue weighted by atomic mass is 10.2. The van der Waals surface area contributed by atoms with Gasteiger partial charge in [0, 0.05) is 0 Å². The second-order valence-electron chi connectivity index (χ2n) is 4.05. The van der Waals surface area contributed by atoms with Crippen molar-refractivity contribution in [2.45, 2.75) is 6.92 Å². The number of hydrogen-bond donors (Lipinski definition) is 3. The van der Waals surface area contributed by atoms with E-state index < -0.39 is 53.4 Å². The maximum atomic E-state index is 13.3. The summed E-state index contributed by atoms with van der Waals surface area (Å²) in [5.41, 5.74) is -0.598. The first kappa shape index (κ1) is 16.5. The molecule has 0 saturated heterocycles.